The van der Waals surface area contributed by atoms with Gasteiger partial charge in [-0.1, -0.05) is 68.1 Å². The van der Waals surface area contributed by atoms with Crippen molar-refractivity contribution in [1.29, 1.82) is 5.26 Å². The second kappa shape index (κ2) is 20.9. The third kappa shape index (κ3) is 11.5. The van der Waals surface area contributed by atoms with Crippen LogP contribution in [0.25, 0.3) is 22.5 Å². The average molecular weight is 874 g/mol. The fourth-order valence-corrected chi connectivity index (χ4v) is 9.22. The summed E-state index contributed by atoms with van der Waals surface area (Å²) in [6, 6.07) is 17.6. The maximum absolute atomic E-state index is 14.7. The molecule has 5 rings (SSSR count). The van der Waals surface area contributed by atoms with Crippen molar-refractivity contribution in [2.24, 2.45) is 23.3 Å². The van der Waals surface area contributed by atoms with Crippen LogP contribution in [0.1, 0.15) is 77.9 Å². The Balaban J connectivity index is 1.53. The van der Waals surface area contributed by atoms with Crippen molar-refractivity contribution in [3.05, 3.63) is 88.7 Å². The Kier molecular flexibility index (Phi) is 15.9. The fourth-order valence-electron chi connectivity index (χ4n) is 8.05. The van der Waals surface area contributed by atoms with Gasteiger partial charge in [0, 0.05) is 67.8 Å². The molecule has 4 aromatic rings. The molecule has 4 atom stereocenters. The maximum Gasteiger partial charge on any atom is 0.226 e. The quantitative estimate of drug-likeness (QED) is 0.0885. The highest BCUT2D eigenvalue weighted by Crippen LogP contribution is 2.40. The van der Waals surface area contributed by atoms with Crippen molar-refractivity contribution in [2.75, 3.05) is 26.7 Å². The van der Waals surface area contributed by atoms with Gasteiger partial charge in [-0.3, -0.25) is 24.0 Å². The first-order valence-electron chi connectivity index (χ1n) is 21.4. The van der Waals surface area contributed by atoms with Crippen molar-refractivity contribution >= 4 is 42.4 Å². The van der Waals surface area contributed by atoms with Gasteiger partial charge in [-0.2, -0.15) is 5.26 Å². The summed E-state index contributed by atoms with van der Waals surface area (Å²) in [6.07, 6.45) is -0.478. The first-order chi connectivity index (χ1) is 29.9. The number of nitriles is 1. The highest BCUT2D eigenvalue weighted by Gasteiger charge is 2.36. The molecule has 1 aromatic heterocycles. The number of nitrogens with one attached hydrogen (secondary N) is 1. The fraction of sp³-hybridized carbons (Fsp3) is 0.417. The maximum atomic E-state index is 14.7. The Hall–Kier alpha value is -6.08. The van der Waals surface area contributed by atoms with E-state index in [0.717, 1.165) is 5.56 Å². The number of aromatic hydroxyl groups is 1. The smallest absolute Gasteiger partial charge is 0.226 e. The first kappa shape index (κ1) is 48.0. The lowest BCUT2D eigenvalue weighted by atomic mass is 9.88. The van der Waals surface area contributed by atoms with Gasteiger partial charge in [0.15, 0.2) is 23.2 Å². The standard InChI is InChI=1S/C48H59N7O7Si/c1-28-23-42(59)45(33-13-17-43(62-22-21-51)37(26-33)36-24-31(10-16-39(36)56)25-38(54-47(28)60)40(57)9-8-19-49)55(4)48(61)34(18-20-50)27-41(58)44-29(2)52-46(53-30(44)3)32-11-14-35(15-12-32)63(5,6)7/h10-17,24,26,28,34,38,45,56H,8-9,18,20-23,25,27,50-51H2,1-7H3,(H,54,60)/t28-,34-,38+,45+/m1/s1. The van der Waals surface area contributed by atoms with Crippen LogP contribution < -0.4 is 26.7 Å². The van der Waals surface area contributed by atoms with Crippen molar-refractivity contribution in [1.82, 2.24) is 20.2 Å². The van der Waals surface area contributed by atoms with E-state index in [-0.39, 0.29) is 75.5 Å². The molecule has 0 unspecified atom stereocenters. The van der Waals surface area contributed by atoms with Gasteiger partial charge in [0.1, 0.15) is 24.1 Å². The number of amides is 2. The number of rotatable bonds is 15. The molecule has 1 aliphatic heterocycles. The lowest BCUT2D eigenvalue weighted by Gasteiger charge is -2.32. The van der Waals surface area contributed by atoms with E-state index < -0.39 is 49.6 Å². The number of phenols is 1. The van der Waals surface area contributed by atoms with Crippen molar-refractivity contribution in [3.8, 4) is 40.1 Å². The number of aryl methyl sites for hydroxylation is 2. The molecule has 0 saturated heterocycles. The molecule has 14 nitrogen and oxygen atoms in total. The van der Waals surface area contributed by atoms with Gasteiger partial charge in [-0.05, 0) is 68.6 Å². The molecule has 4 bridgehead atoms. The van der Waals surface area contributed by atoms with E-state index in [1.54, 1.807) is 51.1 Å². The van der Waals surface area contributed by atoms with E-state index in [0.29, 0.717) is 50.8 Å². The summed E-state index contributed by atoms with van der Waals surface area (Å²) in [4.78, 5) is 81.2. The molecule has 332 valence electrons. The molecular formula is C48H59N7O7Si. The second-order valence-electron chi connectivity index (χ2n) is 17.4. The number of carbonyl (C=O) groups excluding carboxylic acids is 5. The molecular weight excluding hydrogens is 815 g/mol. The SMILES string of the molecule is Cc1nc(-c2ccc([Si](C)(C)C)cc2)nc(C)c1C(=O)C[C@@H](CCN)C(=O)N(C)[C@@H]1C(=O)C[C@@H](C)C(=O)N[C@H](C(=O)CCC#N)Cc2ccc(O)c(c2)-c2cc1ccc2OCCN. The van der Waals surface area contributed by atoms with E-state index in [9.17, 15) is 34.3 Å². The molecule has 0 aliphatic carbocycles. The van der Waals surface area contributed by atoms with Crippen LogP contribution in [-0.4, -0.2) is 90.0 Å². The van der Waals surface area contributed by atoms with Gasteiger partial charge < -0.3 is 31.5 Å². The summed E-state index contributed by atoms with van der Waals surface area (Å²) in [5.41, 5.74) is 15.6. The van der Waals surface area contributed by atoms with E-state index in [1.807, 2.05) is 18.2 Å². The first-order valence-corrected chi connectivity index (χ1v) is 24.9. The molecule has 6 N–H and O–H groups in total. The van der Waals surface area contributed by atoms with Gasteiger partial charge in [0.25, 0.3) is 0 Å². The Labute approximate surface area is 370 Å². The minimum absolute atomic E-state index is 0.0410. The van der Waals surface area contributed by atoms with Gasteiger partial charge >= 0.3 is 0 Å². The van der Waals surface area contributed by atoms with Crippen LogP contribution >= 0.6 is 0 Å². The van der Waals surface area contributed by atoms with Crippen LogP contribution in [0.4, 0.5) is 0 Å². The Bertz CT molecular complexity index is 2380. The van der Waals surface area contributed by atoms with Gasteiger partial charge in [0.2, 0.25) is 11.8 Å². The van der Waals surface area contributed by atoms with Crippen LogP contribution in [0.5, 0.6) is 11.5 Å². The number of fused-ring (bicyclic) bond motifs is 5. The van der Waals surface area contributed by atoms with Crippen LogP contribution in [0.15, 0.2) is 60.7 Å². The topological polar surface area (TPSA) is 232 Å². The minimum Gasteiger partial charge on any atom is -0.507 e. The highest BCUT2D eigenvalue weighted by atomic mass is 28.3. The summed E-state index contributed by atoms with van der Waals surface area (Å²) in [5.74, 6) is -3.39. The second-order valence-corrected chi connectivity index (χ2v) is 22.5. The zero-order valence-corrected chi connectivity index (χ0v) is 38.3. The summed E-state index contributed by atoms with van der Waals surface area (Å²) in [6.45, 7) is 12.3. The predicted octanol–water partition coefficient (Wildman–Crippen LogP) is 5.26. The lowest BCUT2D eigenvalue weighted by molar-refractivity contribution is -0.142. The summed E-state index contributed by atoms with van der Waals surface area (Å²) in [7, 11) is -0.0395. The third-order valence-electron chi connectivity index (χ3n) is 11.5. The molecule has 3 aromatic carbocycles. The summed E-state index contributed by atoms with van der Waals surface area (Å²) >= 11 is 0. The number of hydrogen-bond acceptors (Lipinski definition) is 12. The number of carbonyl (C=O) groups is 5. The van der Waals surface area contributed by atoms with E-state index >= 15 is 0 Å². The monoisotopic (exact) mass is 873 g/mol. The van der Waals surface area contributed by atoms with Crippen LogP contribution in [0.2, 0.25) is 19.6 Å². The molecule has 15 heteroatoms. The van der Waals surface area contributed by atoms with Gasteiger partial charge in [0.05, 0.1) is 37.1 Å². The number of phenolic OH excluding ortho intramolecular Hbond substituents is 1. The molecule has 63 heavy (non-hydrogen) atoms. The third-order valence-corrected chi connectivity index (χ3v) is 13.6. The molecule has 1 aliphatic rings. The van der Waals surface area contributed by atoms with E-state index in [4.69, 9.17) is 26.2 Å². The number of ether oxygens (including phenoxy) is 1. The number of aromatic nitrogens is 2. The number of nitrogens with two attached hydrogens (primary N) is 2. The van der Waals surface area contributed by atoms with Crippen molar-refractivity contribution < 1.29 is 33.8 Å². The predicted molar refractivity (Wildman–Crippen MR) is 244 cm³/mol. The average Bonchev–Trinajstić information content (AvgIpc) is 3.24. The number of nitrogens with zero attached hydrogens (tertiary/aromatic N) is 4. The van der Waals surface area contributed by atoms with Crippen LogP contribution in [0.3, 0.4) is 0 Å². The van der Waals surface area contributed by atoms with Crippen LogP contribution in [-0.2, 0) is 25.6 Å². The Morgan fingerprint density at radius 2 is 1.65 bits per heavy atom. The molecule has 2 heterocycles. The summed E-state index contributed by atoms with van der Waals surface area (Å²) < 4.78 is 6.01. The Morgan fingerprint density at radius 3 is 2.27 bits per heavy atom. The minimum atomic E-state index is -1.52. The molecule has 0 radical (unpaired) electrons. The number of ketones is 3. The number of benzene rings is 3. The Morgan fingerprint density at radius 1 is 0.968 bits per heavy atom. The highest BCUT2D eigenvalue weighted by molar-refractivity contribution is 6.88. The zero-order chi connectivity index (χ0) is 46.2. The van der Waals surface area contributed by atoms with Crippen molar-refractivity contribution in [3.63, 3.8) is 0 Å². The lowest BCUT2D eigenvalue weighted by Crippen LogP contribution is -2.46. The normalized spacial score (nSPS) is 17.2. The largest absolute Gasteiger partial charge is 0.507 e. The van der Waals surface area contributed by atoms with E-state index in [1.165, 1.54) is 23.2 Å². The van der Waals surface area contributed by atoms with Crippen molar-refractivity contribution in [2.45, 2.75) is 91.0 Å². The van der Waals surface area contributed by atoms with Gasteiger partial charge in [-0.25, -0.2) is 9.97 Å². The molecule has 2 amide bonds. The number of hydrogen-bond donors (Lipinski definition) is 4. The summed E-state index contributed by atoms with van der Waals surface area (Å²) in [5, 5.41) is 24.5. The van der Waals surface area contributed by atoms with Crippen LogP contribution in [0, 0.1) is 37.0 Å². The number of likely N-dealkylation sites (N-methyl/N-ethyl adjacent to an activating group) is 1. The molecule has 0 saturated carbocycles. The van der Waals surface area contributed by atoms with E-state index in [2.05, 4.69) is 37.1 Å². The number of Topliss-reactive ketones (excluding diaryl/α,β-unsaturated/α-hetero) is 3. The van der Waals surface area contributed by atoms with Gasteiger partial charge in [-0.15, -0.1) is 0 Å². The zero-order valence-electron chi connectivity index (χ0n) is 37.3. The molecule has 0 spiro atoms. The molecule has 0 fully saturated rings.